The molecule has 0 bridgehead atoms. The molecule has 0 radical (unpaired) electrons. The van der Waals surface area contributed by atoms with Crippen molar-refractivity contribution in [3.63, 3.8) is 0 Å². The van der Waals surface area contributed by atoms with Crippen molar-refractivity contribution in [3.8, 4) is 5.69 Å². The Labute approximate surface area is 188 Å². The number of aromatic nitrogens is 6. The van der Waals surface area contributed by atoms with E-state index in [0.717, 1.165) is 37.9 Å². The largest absolute Gasteiger partial charge is 0.322 e. The molecule has 5 rings (SSSR count). The van der Waals surface area contributed by atoms with Crippen molar-refractivity contribution in [2.75, 3.05) is 5.32 Å². The summed E-state index contributed by atoms with van der Waals surface area (Å²) in [6, 6.07) is 9.04. The number of halogens is 1. The van der Waals surface area contributed by atoms with Crippen LogP contribution in [0, 0.1) is 12.7 Å². The quantitative estimate of drug-likeness (QED) is 0.517. The first kappa shape index (κ1) is 20.9. The fourth-order valence-corrected chi connectivity index (χ4v) is 4.15. The molecule has 2 aromatic heterocycles. The highest BCUT2D eigenvalue weighted by molar-refractivity contribution is 6.06. The van der Waals surface area contributed by atoms with Gasteiger partial charge in [0.2, 0.25) is 0 Å². The molecule has 3 heterocycles. The van der Waals surface area contributed by atoms with Crippen LogP contribution in [0.3, 0.4) is 0 Å². The Bertz CT molecular complexity index is 1430. The molecule has 1 N–H and O–H groups in total. The van der Waals surface area contributed by atoms with Crippen molar-refractivity contribution >= 4 is 22.5 Å². The van der Waals surface area contributed by atoms with E-state index in [0.29, 0.717) is 34.5 Å². The second-order valence-corrected chi connectivity index (χ2v) is 8.14. The van der Waals surface area contributed by atoms with Crippen LogP contribution in [0.25, 0.3) is 16.6 Å². The average Bonchev–Trinajstić information content (AvgIpc) is 3.21. The minimum Gasteiger partial charge on any atom is -0.322 e. The smallest absolute Gasteiger partial charge is 0.261 e. The van der Waals surface area contributed by atoms with E-state index in [-0.39, 0.29) is 11.2 Å². The lowest BCUT2D eigenvalue weighted by Crippen LogP contribution is -2.26. The molecule has 1 aliphatic rings. The summed E-state index contributed by atoms with van der Waals surface area (Å²) >= 11 is 0. The highest BCUT2D eigenvalue weighted by atomic mass is 19.1. The standard InChI is InChI=1S/C23H22FN7O2/c1-14-27-28-29-31(14)20-13-16(8-10-18(20)24)25-22(32)15-7-9-17-19(12-15)26-21-6-4-2-3-5-11-30(21)23(17)33/h7-10,12-13H,2-6,11H2,1H3,(H,25,32). The number of nitrogens with one attached hydrogen (secondary N) is 1. The van der Waals surface area contributed by atoms with E-state index in [9.17, 15) is 14.0 Å². The van der Waals surface area contributed by atoms with Gasteiger partial charge in [0.25, 0.3) is 11.5 Å². The summed E-state index contributed by atoms with van der Waals surface area (Å²) in [4.78, 5) is 30.6. The third-order valence-electron chi connectivity index (χ3n) is 5.89. The molecule has 0 atom stereocenters. The highest BCUT2D eigenvalue weighted by Gasteiger charge is 2.16. The second-order valence-electron chi connectivity index (χ2n) is 8.14. The number of tetrazole rings is 1. The van der Waals surface area contributed by atoms with E-state index in [1.54, 1.807) is 29.7 Å². The van der Waals surface area contributed by atoms with Gasteiger partial charge >= 0.3 is 0 Å². The van der Waals surface area contributed by atoms with E-state index in [4.69, 9.17) is 4.98 Å². The fraction of sp³-hybridized carbons (Fsp3) is 0.304. The average molecular weight is 447 g/mol. The normalized spacial score (nSPS) is 13.9. The maximum Gasteiger partial charge on any atom is 0.261 e. The van der Waals surface area contributed by atoms with Crippen molar-refractivity contribution in [2.24, 2.45) is 0 Å². The van der Waals surface area contributed by atoms with Crippen molar-refractivity contribution < 1.29 is 9.18 Å². The topological polar surface area (TPSA) is 108 Å². The number of hydrogen-bond acceptors (Lipinski definition) is 6. The van der Waals surface area contributed by atoms with Gasteiger partial charge in [0, 0.05) is 24.2 Å². The minimum atomic E-state index is -0.518. The van der Waals surface area contributed by atoms with Crippen molar-refractivity contribution in [3.05, 3.63) is 69.8 Å². The highest BCUT2D eigenvalue weighted by Crippen LogP contribution is 2.21. The fourth-order valence-electron chi connectivity index (χ4n) is 4.15. The molecule has 4 aromatic rings. The monoisotopic (exact) mass is 447 g/mol. The number of rotatable bonds is 3. The number of hydrogen-bond donors (Lipinski definition) is 1. The number of amides is 1. The molecule has 0 saturated carbocycles. The summed E-state index contributed by atoms with van der Waals surface area (Å²) in [7, 11) is 0. The Hall–Kier alpha value is -3.95. The van der Waals surface area contributed by atoms with Crippen LogP contribution >= 0.6 is 0 Å². The predicted molar refractivity (Wildman–Crippen MR) is 120 cm³/mol. The first-order valence-electron chi connectivity index (χ1n) is 10.9. The van der Waals surface area contributed by atoms with Crippen LogP contribution in [0.5, 0.6) is 0 Å². The third-order valence-corrected chi connectivity index (χ3v) is 5.89. The lowest BCUT2D eigenvalue weighted by molar-refractivity contribution is 0.102. The van der Waals surface area contributed by atoms with Gasteiger partial charge in [-0.1, -0.05) is 12.8 Å². The molecule has 0 saturated heterocycles. The molecule has 2 aromatic carbocycles. The van der Waals surface area contributed by atoms with E-state index in [1.165, 1.54) is 22.9 Å². The van der Waals surface area contributed by atoms with Crippen LogP contribution in [0.2, 0.25) is 0 Å². The number of benzene rings is 2. The number of carbonyl (C=O) groups excluding carboxylic acids is 1. The molecule has 168 valence electrons. The van der Waals surface area contributed by atoms with Crippen LogP contribution in [0.15, 0.2) is 41.2 Å². The minimum absolute atomic E-state index is 0.0659. The zero-order valence-corrected chi connectivity index (χ0v) is 18.1. The first-order valence-corrected chi connectivity index (χ1v) is 10.9. The summed E-state index contributed by atoms with van der Waals surface area (Å²) in [5.41, 5.74) is 1.31. The Morgan fingerprint density at radius 3 is 2.76 bits per heavy atom. The third kappa shape index (κ3) is 3.99. The summed E-state index contributed by atoms with van der Waals surface area (Å²) in [6.45, 7) is 2.32. The second kappa shape index (κ2) is 8.53. The van der Waals surface area contributed by atoms with Gasteiger partial charge in [-0.05, 0) is 66.6 Å². The van der Waals surface area contributed by atoms with Gasteiger partial charge in [-0.3, -0.25) is 14.2 Å². The number of anilines is 1. The summed E-state index contributed by atoms with van der Waals surface area (Å²) < 4.78 is 17.3. The van der Waals surface area contributed by atoms with Crippen molar-refractivity contribution in [2.45, 2.75) is 45.6 Å². The summed E-state index contributed by atoms with van der Waals surface area (Å²) in [5, 5.41) is 14.3. The molecule has 0 fully saturated rings. The van der Waals surface area contributed by atoms with E-state index < -0.39 is 11.7 Å². The molecule has 0 unspecified atom stereocenters. The Kier molecular flexibility index (Phi) is 5.41. The number of fused-ring (bicyclic) bond motifs is 2. The molecule has 10 heteroatoms. The summed E-state index contributed by atoms with van der Waals surface area (Å²) in [5.74, 6) is 0.274. The molecule has 1 amide bonds. The van der Waals surface area contributed by atoms with Gasteiger partial charge in [0.15, 0.2) is 5.82 Å². The van der Waals surface area contributed by atoms with Crippen molar-refractivity contribution in [1.29, 1.82) is 0 Å². The van der Waals surface area contributed by atoms with Gasteiger partial charge in [-0.25, -0.2) is 9.37 Å². The lowest BCUT2D eigenvalue weighted by Gasteiger charge is -2.16. The van der Waals surface area contributed by atoms with Crippen molar-refractivity contribution in [1.82, 2.24) is 29.8 Å². The molecule has 1 aliphatic heterocycles. The first-order chi connectivity index (χ1) is 16.0. The summed E-state index contributed by atoms with van der Waals surface area (Å²) in [6.07, 6.45) is 4.94. The predicted octanol–water partition coefficient (Wildman–Crippen LogP) is 3.19. The van der Waals surface area contributed by atoms with E-state index in [2.05, 4.69) is 20.8 Å². The number of nitrogens with zero attached hydrogens (tertiary/aromatic N) is 6. The Morgan fingerprint density at radius 2 is 1.94 bits per heavy atom. The zero-order chi connectivity index (χ0) is 22.9. The van der Waals surface area contributed by atoms with Crippen LogP contribution in [-0.2, 0) is 13.0 Å². The van der Waals surface area contributed by atoms with E-state index in [1.807, 2.05) is 0 Å². The van der Waals surface area contributed by atoms with Gasteiger partial charge in [0.05, 0.1) is 10.9 Å². The molecular formula is C23H22FN7O2. The Balaban J connectivity index is 1.46. The van der Waals surface area contributed by atoms with Gasteiger partial charge in [-0.2, -0.15) is 4.68 Å². The van der Waals surface area contributed by atoms with Crippen LogP contribution in [0.1, 0.15) is 47.7 Å². The Morgan fingerprint density at radius 1 is 1.09 bits per heavy atom. The maximum atomic E-state index is 14.3. The lowest BCUT2D eigenvalue weighted by atomic mass is 10.1. The van der Waals surface area contributed by atoms with Gasteiger partial charge in [0.1, 0.15) is 17.3 Å². The molecule has 0 aliphatic carbocycles. The van der Waals surface area contributed by atoms with Gasteiger partial charge in [-0.15, -0.1) is 5.10 Å². The SMILES string of the molecule is Cc1nnnn1-c1cc(NC(=O)c2ccc3c(=O)n4c(nc3c2)CCCCCC4)ccc1F. The number of carbonyl (C=O) groups is 1. The number of aryl methyl sites for hydroxylation is 2. The van der Waals surface area contributed by atoms with Crippen LogP contribution in [0.4, 0.5) is 10.1 Å². The zero-order valence-electron chi connectivity index (χ0n) is 18.1. The molecular weight excluding hydrogens is 425 g/mol. The van der Waals surface area contributed by atoms with Crippen LogP contribution < -0.4 is 10.9 Å². The van der Waals surface area contributed by atoms with Crippen LogP contribution in [-0.4, -0.2) is 35.7 Å². The maximum absolute atomic E-state index is 14.3. The molecule has 0 spiro atoms. The van der Waals surface area contributed by atoms with E-state index >= 15 is 0 Å². The van der Waals surface area contributed by atoms with Gasteiger partial charge < -0.3 is 5.32 Å². The molecule has 9 nitrogen and oxygen atoms in total. The molecule has 33 heavy (non-hydrogen) atoms.